The molecule has 1 unspecified atom stereocenters. The number of aromatic nitrogens is 1. The summed E-state index contributed by atoms with van der Waals surface area (Å²) in [4.78, 5) is 4.59. The topological polar surface area (TPSA) is 50.9 Å². The molecule has 1 rings (SSSR count). The van der Waals surface area contributed by atoms with E-state index in [9.17, 15) is 0 Å². The lowest BCUT2D eigenvalue weighted by atomic mass is 10.2. The molecule has 1 heterocycles. The second-order valence-corrected chi connectivity index (χ2v) is 3.66. The van der Waals surface area contributed by atoms with Gasteiger partial charge in [-0.2, -0.15) is 0 Å². The molecule has 0 spiro atoms. The first-order chi connectivity index (χ1) is 6.65. The Morgan fingerprint density at radius 1 is 1.71 bits per heavy atom. The van der Waals surface area contributed by atoms with Gasteiger partial charge in [0.05, 0.1) is 5.56 Å². The van der Waals surface area contributed by atoms with Gasteiger partial charge in [0.15, 0.2) is 0 Å². The van der Waals surface area contributed by atoms with Crippen molar-refractivity contribution in [2.45, 2.75) is 26.3 Å². The van der Waals surface area contributed by atoms with Crippen molar-refractivity contribution in [3.63, 3.8) is 0 Å². The minimum absolute atomic E-state index is 0.373. The second kappa shape index (κ2) is 4.91. The van der Waals surface area contributed by atoms with Crippen molar-refractivity contribution in [2.75, 3.05) is 5.32 Å². The van der Waals surface area contributed by atoms with Gasteiger partial charge < -0.3 is 11.1 Å². The molecule has 3 N–H and O–H groups in total. The summed E-state index contributed by atoms with van der Waals surface area (Å²) in [5.41, 5.74) is 6.39. The minimum Gasteiger partial charge on any atom is -0.389 e. The fourth-order valence-corrected chi connectivity index (χ4v) is 1.22. The Labute approximate surface area is 89.7 Å². The Balaban J connectivity index is 2.90. The normalized spacial score (nSPS) is 12.1. The van der Waals surface area contributed by atoms with Crippen molar-refractivity contribution in [2.24, 2.45) is 5.73 Å². The predicted molar refractivity (Wildman–Crippen MR) is 63.5 cm³/mol. The van der Waals surface area contributed by atoms with Crippen LogP contribution in [0.2, 0.25) is 0 Å². The molecule has 0 bridgehead atoms. The number of anilines is 1. The van der Waals surface area contributed by atoms with Crippen LogP contribution in [0.3, 0.4) is 0 Å². The molecule has 4 heteroatoms. The zero-order chi connectivity index (χ0) is 10.6. The molecule has 0 amide bonds. The summed E-state index contributed by atoms with van der Waals surface area (Å²) < 4.78 is 0. The Hall–Kier alpha value is -1.16. The van der Waals surface area contributed by atoms with Crippen LogP contribution in [0.5, 0.6) is 0 Å². The first-order valence-electron chi connectivity index (χ1n) is 4.66. The molecule has 1 aromatic rings. The molecule has 0 aromatic carbocycles. The molecule has 3 nitrogen and oxygen atoms in total. The third-order valence-electron chi connectivity index (χ3n) is 2.07. The summed E-state index contributed by atoms with van der Waals surface area (Å²) in [5, 5.41) is 3.26. The van der Waals surface area contributed by atoms with Gasteiger partial charge >= 0.3 is 0 Å². The Morgan fingerprint density at radius 2 is 2.43 bits per heavy atom. The maximum Gasteiger partial charge on any atom is 0.136 e. The summed E-state index contributed by atoms with van der Waals surface area (Å²) >= 11 is 4.94. The average molecular weight is 209 g/mol. The molecule has 0 saturated heterocycles. The van der Waals surface area contributed by atoms with Gasteiger partial charge in [-0.3, -0.25) is 0 Å². The van der Waals surface area contributed by atoms with Gasteiger partial charge in [-0.15, -0.1) is 0 Å². The summed E-state index contributed by atoms with van der Waals surface area (Å²) in [6, 6.07) is 4.08. The number of hydrogen-bond acceptors (Lipinski definition) is 3. The molecule has 0 aliphatic heterocycles. The number of rotatable bonds is 4. The van der Waals surface area contributed by atoms with Gasteiger partial charge in [0.2, 0.25) is 0 Å². The van der Waals surface area contributed by atoms with Gasteiger partial charge in [-0.05, 0) is 25.5 Å². The number of pyridine rings is 1. The highest BCUT2D eigenvalue weighted by atomic mass is 32.1. The lowest BCUT2D eigenvalue weighted by molar-refractivity contribution is 0.759. The van der Waals surface area contributed by atoms with Gasteiger partial charge in [0.1, 0.15) is 10.8 Å². The Kier molecular flexibility index (Phi) is 3.83. The quantitative estimate of drug-likeness (QED) is 0.744. The standard InChI is InChI=1S/C10H15N3S/c1-3-7(2)13-10-8(9(11)14)5-4-6-12-10/h4-7H,3H2,1-2H3,(H2,11,14)(H,12,13). The van der Waals surface area contributed by atoms with Crippen molar-refractivity contribution in [1.82, 2.24) is 4.98 Å². The third-order valence-corrected chi connectivity index (χ3v) is 2.29. The zero-order valence-corrected chi connectivity index (χ0v) is 9.27. The van der Waals surface area contributed by atoms with E-state index in [1.54, 1.807) is 6.20 Å². The molecule has 0 fully saturated rings. The minimum atomic E-state index is 0.373. The van der Waals surface area contributed by atoms with Crippen molar-refractivity contribution in [3.05, 3.63) is 23.9 Å². The number of hydrogen-bond donors (Lipinski definition) is 2. The summed E-state index contributed by atoms with van der Waals surface area (Å²) in [5.74, 6) is 0.773. The van der Waals surface area contributed by atoms with E-state index in [4.69, 9.17) is 18.0 Å². The molecule has 76 valence electrons. The van der Waals surface area contributed by atoms with Gasteiger partial charge in [-0.1, -0.05) is 19.1 Å². The highest BCUT2D eigenvalue weighted by molar-refractivity contribution is 7.80. The Morgan fingerprint density at radius 3 is 3.00 bits per heavy atom. The monoisotopic (exact) mass is 209 g/mol. The van der Waals surface area contributed by atoms with Gasteiger partial charge in [-0.25, -0.2) is 4.98 Å². The van der Waals surface area contributed by atoms with Gasteiger partial charge in [0.25, 0.3) is 0 Å². The molecular formula is C10H15N3S. The Bertz CT molecular complexity index is 325. The SMILES string of the molecule is CCC(C)Nc1ncccc1C(N)=S. The highest BCUT2D eigenvalue weighted by Gasteiger charge is 2.07. The van der Waals surface area contributed by atoms with Gasteiger partial charge in [0, 0.05) is 12.2 Å². The fourth-order valence-electron chi connectivity index (χ4n) is 1.05. The molecule has 0 aliphatic carbocycles. The van der Waals surface area contributed by atoms with Crippen LogP contribution in [0.25, 0.3) is 0 Å². The van der Waals surface area contributed by atoms with E-state index in [1.165, 1.54) is 0 Å². The predicted octanol–water partition coefficient (Wildman–Crippen LogP) is 1.93. The summed E-state index contributed by atoms with van der Waals surface area (Å²) in [6.45, 7) is 4.21. The summed E-state index contributed by atoms with van der Waals surface area (Å²) in [7, 11) is 0. The van der Waals surface area contributed by atoms with Crippen LogP contribution in [-0.2, 0) is 0 Å². The van der Waals surface area contributed by atoms with E-state index in [0.717, 1.165) is 17.8 Å². The molecule has 14 heavy (non-hydrogen) atoms. The molecule has 1 aromatic heterocycles. The van der Waals surface area contributed by atoms with E-state index < -0.39 is 0 Å². The number of thiocarbonyl (C=S) groups is 1. The molecule has 1 atom stereocenters. The smallest absolute Gasteiger partial charge is 0.136 e. The van der Waals surface area contributed by atoms with Crippen LogP contribution >= 0.6 is 12.2 Å². The third kappa shape index (κ3) is 2.67. The van der Waals surface area contributed by atoms with Crippen LogP contribution in [-0.4, -0.2) is 16.0 Å². The van der Waals surface area contributed by atoms with Crippen molar-refractivity contribution in [1.29, 1.82) is 0 Å². The molecule has 0 aliphatic rings. The van der Waals surface area contributed by atoms with Crippen LogP contribution in [0.15, 0.2) is 18.3 Å². The van der Waals surface area contributed by atoms with E-state index >= 15 is 0 Å². The summed E-state index contributed by atoms with van der Waals surface area (Å²) in [6.07, 6.45) is 2.76. The largest absolute Gasteiger partial charge is 0.389 e. The average Bonchev–Trinajstić information content (AvgIpc) is 2.18. The zero-order valence-electron chi connectivity index (χ0n) is 8.45. The van der Waals surface area contributed by atoms with Crippen molar-refractivity contribution in [3.8, 4) is 0 Å². The highest BCUT2D eigenvalue weighted by Crippen LogP contribution is 2.12. The van der Waals surface area contributed by atoms with Crippen molar-refractivity contribution >= 4 is 23.0 Å². The van der Waals surface area contributed by atoms with Crippen LogP contribution in [0, 0.1) is 0 Å². The van der Waals surface area contributed by atoms with E-state index in [-0.39, 0.29) is 0 Å². The fraction of sp³-hybridized carbons (Fsp3) is 0.400. The maximum absolute atomic E-state index is 5.58. The number of nitrogens with zero attached hydrogens (tertiary/aromatic N) is 1. The van der Waals surface area contributed by atoms with E-state index in [1.807, 2.05) is 12.1 Å². The second-order valence-electron chi connectivity index (χ2n) is 3.22. The van der Waals surface area contributed by atoms with Crippen LogP contribution < -0.4 is 11.1 Å². The molecule has 0 radical (unpaired) electrons. The van der Waals surface area contributed by atoms with Crippen LogP contribution in [0.1, 0.15) is 25.8 Å². The maximum atomic E-state index is 5.58. The van der Waals surface area contributed by atoms with Crippen molar-refractivity contribution < 1.29 is 0 Å². The first kappa shape index (κ1) is 10.9. The van der Waals surface area contributed by atoms with E-state index in [0.29, 0.717) is 11.0 Å². The number of nitrogens with two attached hydrogens (primary N) is 1. The van der Waals surface area contributed by atoms with Crippen LogP contribution in [0.4, 0.5) is 5.82 Å². The lowest BCUT2D eigenvalue weighted by Crippen LogP contribution is -2.19. The lowest BCUT2D eigenvalue weighted by Gasteiger charge is -2.14. The van der Waals surface area contributed by atoms with E-state index in [2.05, 4.69) is 24.1 Å². The first-order valence-corrected chi connectivity index (χ1v) is 5.07. The molecular weight excluding hydrogens is 194 g/mol. The number of nitrogens with one attached hydrogen (secondary N) is 1. The molecule has 0 saturated carbocycles.